The Kier molecular flexibility index (Phi) is 3.86. The van der Waals surface area contributed by atoms with Gasteiger partial charge in [0, 0.05) is 19.2 Å². The fourth-order valence-corrected chi connectivity index (χ4v) is 2.33. The molecule has 1 aromatic carbocycles. The number of nitrogens with two attached hydrogens (primary N) is 1. The van der Waals surface area contributed by atoms with Gasteiger partial charge in [-0.3, -0.25) is 0 Å². The lowest BCUT2D eigenvalue weighted by atomic mass is 10.2. The summed E-state index contributed by atoms with van der Waals surface area (Å²) in [4.78, 5) is 0. The molecule has 1 aliphatic heterocycles. The van der Waals surface area contributed by atoms with Crippen LogP contribution in [0.2, 0.25) is 0 Å². The highest BCUT2D eigenvalue weighted by Gasteiger charge is 2.12. The average Bonchev–Trinajstić information content (AvgIpc) is 2.27. The smallest absolute Gasteiger partial charge is 0.138 e. The topological polar surface area (TPSA) is 41.3 Å². The van der Waals surface area contributed by atoms with Crippen LogP contribution in [0.5, 0.6) is 0 Å². The molecule has 0 aliphatic carbocycles. The van der Waals surface area contributed by atoms with Crippen LogP contribution in [0.1, 0.15) is 19.3 Å². The number of hydrazine groups is 1. The van der Waals surface area contributed by atoms with Gasteiger partial charge in [0.15, 0.2) is 0 Å². The number of nitrogens with zero attached hydrogens (tertiary/aromatic N) is 1. The lowest BCUT2D eigenvalue weighted by Gasteiger charge is -2.28. The Hall–Kier alpha value is -0.560. The number of nitrogen functional groups attached to an aromatic ring is 1. The van der Waals surface area contributed by atoms with Crippen molar-refractivity contribution >= 4 is 34.0 Å². The first-order valence-corrected chi connectivity index (χ1v) is 6.51. The minimum absolute atomic E-state index is 0.227. The van der Waals surface area contributed by atoms with Crippen LogP contribution in [-0.4, -0.2) is 18.1 Å². The van der Waals surface area contributed by atoms with E-state index >= 15 is 0 Å². The van der Waals surface area contributed by atoms with Crippen molar-refractivity contribution in [1.82, 2.24) is 5.01 Å². The van der Waals surface area contributed by atoms with E-state index in [9.17, 15) is 4.39 Å². The van der Waals surface area contributed by atoms with E-state index in [0.29, 0.717) is 14.9 Å². The number of hydrogen-bond donors (Lipinski definition) is 2. The van der Waals surface area contributed by atoms with E-state index in [1.54, 1.807) is 6.07 Å². The summed E-state index contributed by atoms with van der Waals surface area (Å²) in [5, 5.41) is 2.10. The normalized spacial score (nSPS) is 17.4. The lowest BCUT2D eigenvalue weighted by molar-refractivity contribution is 0.273. The molecule has 1 fully saturated rings. The van der Waals surface area contributed by atoms with Gasteiger partial charge in [0.1, 0.15) is 5.82 Å². The molecule has 3 N–H and O–H groups in total. The zero-order valence-electron chi connectivity index (χ0n) is 8.97. The van der Waals surface area contributed by atoms with Gasteiger partial charge in [-0.15, -0.1) is 0 Å². The van der Waals surface area contributed by atoms with Crippen LogP contribution in [0.25, 0.3) is 0 Å². The first-order chi connectivity index (χ1) is 7.66. The standard InChI is InChI=1S/C11H15FIN3/c12-8-6-11(10(14)7-9(8)13)15-16-4-2-1-3-5-16/h6-7,15H,1-5,14H2. The molecular weight excluding hydrogens is 320 g/mol. The van der Waals surface area contributed by atoms with Gasteiger partial charge in [-0.25, -0.2) is 9.40 Å². The van der Waals surface area contributed by atoms with E-state index in [1.807, 2.05) is 22.6 Å². The molecule has 1 aliphatic rings. The molecule has 0 saturated carbocycles. The fourth-order valence-electron chi connectivity index (χ4n) is 1.84. The lowest BCUT2D eigenvalue weighted by Crippen LogP contribution is -2.35. The van der Waals surface area contributed by atoms with Crippen molar-refractivity contribution in [2.24, 2.45) is 0 Å². The second kappa shape index (κ2) is 5.18. The monoisotopic (exact) mass is 335 g/mol. The summed E-state index contributed by atoms with van der Waals surface area (Å²) in [7, 11) is 0. The van der Waals surface area contributed by atoms with Gasteiger partial charge in [0.2, 0.25) is 0 Å². The summed E-state index contributed by atoms with van der Waals surface area (Å²) in [6, 6.07) is 3.12. The Balaban J connectivity index is 2.11. The van der Waals surface area contributed by atoms with Crippen molar-refractivity contribution in [3.05, 3.63) is 21.5 Å². The third-order valence-electron chi connectivity index (χ3n) is 2.73. The molecule has 3 nitrogen and oxygen atoms in total. The molecule has 0 spiro atoms. The van der Waals surface area contributed by atoms with Gasteiger partial charge < -0.3 is 11.2 Å². The van der Waals surface area contributed by atoms with Crippen molar-refractivity contribution in [1.29, 1.82) is 0 Å². The molecule has 5 heteroatoms. The minimum Gasteiger partial charge on any atom is -0.397 e. The Morgan fingerprint density at radius 1 is 1.25 bits per heavy atom. The number of piperidine rings is 1. The van der Waals surface area contributed by atoms with Gasteiger partial charge in [-0.2, -0.15) is 0 Å². The molecule has 0 aromatic heterocycles. The number of anilines is 2. The predicted molar refractivity (Wildman–Crippen MR) is 72.6 cm³/mol. The highest BCUT2D eigenvalue weighted by atomic mass is 127. The van der Waals surface area contributed by atoms with E-state index in [-0.39, 0.29) is 5.82 Å². The first kappa shape index (κ1) is 11.9. The summed E-state index contributed by atoms with van der Waals surface area (Å²) in [5.41, 5.74) is 10.3. The summed E-state index contributed by atoms with van der Waals surface area (Å²) in [6.45, 7) is 1.99. The van der Waals surface area contributed by atoms with Gasteiger partial charge in [-0.05, 0) is 41.5 Å². The van der Waals surface area contributed by atoms with Crippen LogP contribution in [-0.2, 0) is 0 Å². The van der Waals surface area contributed by atoms with Crippen LogP contribution < -0.4 is 11.2 Å². The number of halogens is 2. The zero-order chi connectivity index (χ0) is 11.5. The molecule has 0 amide bonds. The second-order valence-electron chi connectivity index (χ2n) is 4.01. The van der Waals surface area contributed by atoms with Crippen molar-refractivity contribution in [3.8, 4) is 0 Å². The molecule has 88 valence electrons. The third kappa shape index (κ3) is 2.76. The molecule has 0 radical (unpaired) electrons. The summed E-state index contributed by atoms with van der Waals surface area (Å²) < 4.78 is 13.9. The quantitative estimate of drug-likeness (QED) is 0.645. The highest BCUT2D eigenvalue weighted by Crippen LogP contribution is 2.25. The molecule has 1 saturated heterocycles. The fraction of sp³-hybridized carbons (Fsp3) is 0.455. The second-order valence-corrected chi connectivity index (χ2v) is 5.18. The Morgan fingerprint density at radius 3 is 2.62 bits per heavy atom. The largest absolute Gasteiger partial charge is 0.397 e. The maximum absolute atomic E-state index is 13.4. The number of rotatable bonds is 2. The Bertz CT molecular complexity index is 378. The predicted octanol–water partition coefficient (Wildman–Crippen LogP) is 2.83. The van der Waals surface area contributed by atoms with Crippen LogP contribution in [0.15, 0.2) is 12.1 Å². The molecular formula is C11H15FIN3. The highest BCUT2D eigenvalue weighted by molar-refractivity contribution is 14.1. The van der Waals surface area contributed by atoms with Crippen molar-refractivity contribution in [2.45, 2.75) is 19.3 Å². The molecule has 0 bridgehead atoms. The molecule has 1 heterocycles. The zero-order valence-corrected chi connectivity index (χ0v) is 11.1. The summed E-state index contributed by atoms with van der Waals surface area (Å²) >= 11 is 1.94. The Labute approximate surface area is 108 Å². The van der Waals surface area contributed by atoms with Crippen molar-refractivity contribution in [3.63, 3.8) is 0 Å². The molecule has 16 heavy (non-hydrogen) atoms. The van der Waals surface area contributed by atoms with Gasteiger partial charge in [0.25, 0.3) is 0 Å². The number of hydrogen-bond acceptors (Lipinski definition) is 3. The van der Waals surface area contributed by atoms with Gasteiger partial charge >= 0.3 is 0 Å². The molecule has 0 unspecified atom stereocenters. The van der Waals surface area contributed by atoms with Crippen molar-refractivity contribution < 1.29 is 4.39 Å². The summed E-state index contributed by atoms with van der Waals surface area (Å²) in [5.74, 6) is -0.227. The molecule has 2 rings (SSSR count). The van der Waals surface area contributed by atoms with Crippen LogP contribution in [0.4, 0.5) is 15.8 Å². The van der Waals surface area contributed by atoms with Crippen LogP contribution in [0.3, 0.4) is 0 Å². The maximum Gasteiger partial charge on any atom is 0.138 e. The molecule has 1 aromatic rings. The van der Waals surface area contributed by atoms with Gasteiger partial charge in [-0.1, -0.05) is 6.42 Å². The maximum atomic E-state index is 13.4. The van der Waals surface area contributed by atoms with E-state index in [4.69, 9.17) is 5.73 Å². The Morgan fingerprint density at radius 2 is 1.94 bits per heavy atom. The van der Waals surface area contributed by atoms with Crippen LogP contribution in [0, 0.1) is 9.39 Å². The van der Waals surface area contributed by atoms with Crippen LogP contribution >= 0.6 is 22.6 Å². The number of nitrogens with one attached hydrogen (secondary N) is 1. The third-order valence-corrected chi connectivity index (χ3v) is 3.55. The SMILES string of the molecule is Nc1cc(I)c(F)cc1NN1CCCCC1. The van der Waals surface area contributed by atoms with Crippen molar-refractivity contribution in [2.75, 3.05) is 24.2 Å². The van der Waals surface area contributed by atoms with E-state index < -0.39 is 0 Å². The average molecular weight is 335 g/mol. The summed E-state index contributed by atoms with van der Waals surface area (Å²) in [6.07, 6.45) is 3.63. The van der Waals surface area contributed by atoms with E-state index in [1.165, 1.54) is 25.3 Å². The first-order valence-electron chi connectivity index (χ1n) is 5.43. The van der Waals surface area contributed by atoms with E-state index in [2.05, 4.69) is 10.4 Å². The molecule has 0 atom stereocenters. The minimum atomic E-state index is -0.227. The van der Waals surface area contributed by atoms with E-state index in [0.717, 1.165) is 13.1 Å². The van der Waals surface area contributed by atoms with Gasteiger partial charge in [0.05, 0.1) is 14.9 Å². The number of benzene rings is 1.